The summed E-state index contributed by atoms with van der Waals surface area (Å²) in [7, 11) is 0. The highest BCUT2D eigenvalue weighted by atomic mass is 32.1. The van der Waals surface area contributed by atoms with E-state index in [9.17, 15) is 4.79 Å². The number of carbonyl (C=O) groups excluding carboxylic acids is 1. The summed E-state index contributed by atoms with van der Waals surface area (Å²) in [5, 5.41) is 2.06. The summed E-state index contributed by atoms with van der Waals surface area (Å²) in [6.45, 7) is 5.87. The molecule has 0 amide bonds. The summed E-state index contributed by atoms with van der Waals surface area (Å²) in [6.07, 6.45) is 0. The summed E-state index contributed by atoms with van der Waals surface area (Å²) >= 11 is 3.29. The van der Waals surface area contributed by atoms with Crippen LogP contribution < -0.4 is 0 Å². The fraction of sp³-hybridized carbons (Fsp3) is 0.308. The highest BCUT2D eigenvalue weighted by molar-refractivity contribution is 7.22. The molecular formula is C13H14OS2. The molecule has 0 aromatic carbocycles. The van der Waals surface area contributed by atoms with Gasteiger partial charge < -0.3 is 0 Å². The van der Waals surface area contributed by atoms with Crippen molar-refractivity contribution in [2.75, 3.05) is 0 Å². The van der Waals surface area contributed by atoms with Crippen LogP contribution in [0.5, 0.6) is 0 Å². The van der Waals surface area contributed by atoms with Crippen molar-refractivity contribution in [3.8, 4) is 9.75 Å². The molecule has 0 saturated heterocycles. The summed E-state index contributed by atoms with van der Waals surface area (Å²) in [5.74, 6) is 0.223. The van der Waals surface area contributed by atoms with E-state index >= 15 is 0 Å². The number of rotatable bonds is 2. The number of Topliss-reactive ketones (excluding diaryl/α,β-unsaturated/α-hetero) is 1. The van der Waals surface area contributed by atoms with Gasteiger partial charge in [-0.25, -0.2) is 0 Å². The van der Waals surface area contributed by atoms with Crippen LogP contribution in [0.2, 0.25) is 0 Å². The molecule has 0 fully saturated rings. The van der Waals surface area contributed by atoms with Gasteiger partial charge in [-0.1, -0.05) is 26.8 Å². The molecule has 2 rings (SSSR count). The van der Waals surface area contributed by atoms with Crippen molar-refractivity contribution >= 4 is 28.5 Å². The minimum absolute atomic E-state index is 0.223. The SMILES string of the molecule is CC(C)(C)C(=O)c1ccc(-c2cccs2)s1. The summed E-state index contributed by atoms with van der Waals surface area (Å²) in [6, 6.07) is 8.09. The van der Waals surface area contributed by atoms with Gasteiger partial charge in [-0.15, -0.1) is 22.7 Å². The molecule has 0 aliphatic heterocycles. The summed E-state index contributed by atoms with van der Waals surface area (Å²) < 4.78 is 0. The molecule has 2 heterocycles. The predicted octanol–water partition coefficient (Wildman–Crippen LogP) is 4.71. The minimum Gasteiger partial charge on any atom is -0.293 e. The van der Waals surface area contributed by atoms with Crippen molar-refractivity contribution < 1.29 is 4.79 Å². The second-order valence-electron chi connectivity index (χ2n) is 4.72. The Morgan fingerprint density at radius 3 is 2.44 bits per heavy atom. The van der Waals surface area contributed by atoms with E-state index in [-0.39, 0.29) is 11.2 Å². The molecule has 0 aliphatic rings. The fourth-order valence-electron chi connectivity index (χ4n) is 1.38. The van der Waals surface area contributed by atoms with E-state index < -0.39 is 0 Å². The fourth-order valence-corrected chi connectivity index (χ4v) is 3.37. The number of thiophene rings is 2. The van der Waals surface area contributed by atoms with Crippen molar-refractivity contribution in [2.24, 2.45) is 5.41 Å². The molecule has 0 aliphatic carbocycles. The Kier molecular flexibility index (Phi) is 3.00. The van der Waals surface area contributed by atoms with Gasteiger partial charge in [-0.2, -0.15) is 0 Å². The Balaban J connectivity index is 2.31. The lowest BCUT2D eigenvalue weighted by atomic mass is 9.90. The molecule has 16 heavy (non-hydrogen) atoms. The Bertz CT molecular complexity index is 486. The topological polar surface area (TPSA) is 17.1 Å². The number of ketones is 1. The molecule has 3 heteroatoms. The van der Waals surface area contributed by atoms with Crippen LogP contribution in [0.3, 0.4) is 0 Å². The van der Waals surface area contributed by atoms with Gasteiger partial charge in [-0.3, -0.25) is 4.79 Å². The van der Waals surface area contributed by atoms with E-state index in [2.05, 4.69) is 11.4 Å². The zero-order chi connectivity index (χ0) is 11.8. The van der Waals surface area contributed by atoms with Gasteiger partial charge in [0.25, 0.3) is 0 Å². The normalized spacial score (nSPS) is 11.7. The zero-order valence-corrected chi connectivity index (χ0v) is 11.2. The maximum Gasteiger partial charge on any atom is 0.178 e. The molecule has 0 unspecified atom stereocenters. The number of hydrogen-bond donors (Lipinski definition) is 0. The maximum atomic E-state index is 12.1. The van der Waals surface area contributed by atoms with Crippen molar-refractivity contribution in [1.82, 2.24) is 0 Å². The van der Waals surface area contributed by atoms with Crippen LogP contribution in [-0.4, -0.2) is 5.78 Å². The highest BCUT2D eigenvalue weighted by Gasteiger charge is 2.24. The lowest BCUT2D eigenvalue weighted by Gasteiger charge is -2.14. The van der Waals surface area contributed by atoms with E-state index in [0.29, 0.717) is 0 Å². The van der Waals surface area contributed by atoms with E-state index in [0.717, 1.165) is 4.88 Å². The van der Waals surface area contributed by atoms with Gasteiger partial charge >= 0.3 is 0 Å². The first-order chi connectivity index (χ1) is 7.48. The average molecular weight is 250 g/mol. The molecule has 0 spiro atoms. The van der Waals surface area contributed by atoms with Gasteiger partial charge in [0.2, 0.25) is 0 Å². The van der Waals surface area contributed by atoms with Crippen LogP contribution in [0.15, 0.2) is 29.6 Å². The van der Waals surface area contributed by atoms with E-state index in [4.69, 9.17) is 0 Å². The quantitative estimate of drug-likeness (QED) is 0.706. The van der Waals surface area contributed by atoms with E-state index in [1.54, 1.807) is 22.7 Å². The predicted molar refractivity (Wildman–Crippen MR) is 71.4 cm³/mol. The zero-order valence-electron chi connectivity index (χ0n) is 9.61. The standard InChI is InChI=1S/C13H14OS2/c1-13(2,3)12(14)11-7-6-10(16-11)9-5-4-8-15-9/h4-8H,1-3H3. The van der Waals surface area contributed by atoms with Gasteiger partial charge in [0, 0.05) is 15.2 Å². The van der Waals surface area contributed by atoms with Gasteiger partial charge in [0.1, 0.15) is 0 Å². The van der Waals surface area contributed by atoms with Crippen molar-refractivity contribution in [3.05, 3.63) is 34.5 Å². The third-order valence-electron chi connectivity index (χ3n) is 2.28. The van der Waals surface area contributed by atoms with Crippen LogP contribution in [0, 0.1) is 5.41 Å². The highest BCUT2D eigenvalue weighted by Crippen LogP contribution is 2.34. The molecule has 2 aromatic rings. The molecule has 2 aromatic heterocycles. The monoisotopic (exact) mass is 250 g/mol. The molecule has 0 radical (unpaired) electrons. The first kappa shape index (κ1) is 11.6. The average Bonchev–Trinajstić information content (AvgIpc) is 2.85. The lowest BCUT2D eigenvalue weighted by Crippen LogP contribution is -2.18. The van der Waals surface area contributed by atoms with Crippen LogP contribution in [0.4, 0.5) is 0 Å². The Labute approximate surface area is 104 Å². The molecule has 1 nitrogen and oxygen atoms in total. The van der Waals surface area contributed by atoms with Crippen LogP contribution in [-0.2, 0) is 0 Å². The Morgan fingerprint density at radius 1 is 1.12 bits per heavy atom. The lowest BCUT2D eigenvalue weighted by molar-refractivity contribution is 0.0863. The molecule has 0 N–H and O–H groups in total. The first-order valence-electron chi connectivity index (χ1n) is 5.17. The molecule has 84 valence electrons. The minimum atomic E-state index is -0.294. The van der Waals surface area contributed by atoms with Crippen molar-refractivity contribution in [3.63, 3.8) is 0 Å². The van der Waals surface area contributed by atoms with Crippen molar-refractivity contribution in [2.45, 2.75) is 20.8 Å². The van der Waals surface area contributed by atoms with Gasteiger partial charge in [0.05, 0.1) is 4.88 Å². The largest absolute Gasteiger partial charge is 0.293 e. The molecule has 0 saturated carbocycles. The second-order valence-corrected chi connectivity index (χ2v) is 6.75. The maximum absolute atomic E-state index is 12.1. The smallest absolute Gasteiger partial charge is 0.178 e. The first-order valence-corrected chi connectivity index (χ1v) is 6.86. The van der Waals surface area contributed by atoms with E-state index in [1.807, 2.05) is 39.0 Å². The third kappa shape index (κ3) is 2.25. The van der Waals surface area contributed by atoms with Crippen LogP contribution in [0.25, 0.3) is 9.75 Å². The number of hydrogen-bond acceptors (Lipinski definition) is 3. The Morgan fingerprint density at radius 2 is 1.88 bits per heavy atom. The van der Waals surface area contributed by atoms with E-state index in [1.165, 1.54) is 9.75 Å². The summed E-state index contributed by atoms with van der Waals surface area (Å²) in [5.41, 5.74) is -0.294. The van der Waals surface area contributed by atoms with Crippen molar-refractivity contribution in [1.29, 1.82) is 0 Å². The van der Waals surface area contributed by atoms with Gasteiger partial charge in [0.15, 0.2) is 5.78 Å². The van der Waals surface area contributed by atoms with Gasteiger partial charge in [-0.05, 0) is 23.6 Å². The molecule has 0 bridgehead atoms. The second kappa shape index (κ2) is 4.15. The number of carbonyl (C=O) groups is 1. The Hall–Kier alpha value is -0.930. The van der Waals surface area contributed by atoms with Crippen LogP contribution in [0.1, 0.15) is 30.4 Å². The summed E-state index contributed by atoms with van der Waals surface area (Å²) in [4.78, 5) is 15.3. The third-order valence-corrected chi connectivity index (χ3v) is 4.42. The molecular weight excluding hydrogens is 236 g/mol. The molecule has 0 atom stereocenters. The van der Waals surface area contributed by atoms with Crippen LogP contribution >= 0.6 is 22.7 Å².